The zero-order valence-electron chi connectivity index (χ0n) is 36.1. The van der Waals surface area contributed by atoms with Crippen LogP contribution >= 0.6 is 0 Å². The van der Waals surface area contributed by atoms with Gasteiger partial charge in [0, 0.05) is 6.42 Å². The number of hydrogen-bond acceptors (Lipinski definition) is 8. The molecule has 0 saturated carbocycles. The highest BCUT2D eigenvalue weighted by Gasteiger charge is 2.44. The fourth-order valence-electron chi connectivity index (χ4n) is 7.48. The van der Waals surface area contributed by atoms with Crippen LogP contribution in [0.5, 0.6) is 0 Å². The van der Waals surface area contributed by atoms with Gasteiger partial charge < -0.3 is 40.3 Å². The molecule has 0 aromatic heterocycles. The van der Waals surface area contributed by atoms with Gasteiger partial charge in [-0.1, -0.05) is 186 Å². The lowest BCUT2D eigenvalue weighted by Crippen LogP contribution is -2.60. The second-order valence-corrected chi connectivity index (χ2v) is 16.6. The summed E-state index contributed by atoms with van der Waals surface area (Å²) in [6.45, 7) is 3.81. The van der Waals surface area contributed by atoms with Gasteiger partial charge in [0.2, 0.25) is 5.91 Å². The van der Waals surface area contributed by atoms with Crippen molar-refractivity contribution >= 4 is 5.91 Å². The molecule has 1 aliphatic heterocycles. The Morgan fingerprint density at radius 3 is 1.57 bits per heavy atom. The fourth-order valence-corrected chi connectivity index (χ4v) is 7.48. The van der Waals surface area contributed by atoms with Crippen molar-refractivity contribution in [3.05, 3.63) is 24.3 Å². The molecular formula is C47H89NO8. The molecule has 1 amide bonds. The van der Waals surface area contributed by atoms with Gasteiger partial charge in [-0.25, -0.2) is 0 Å². The second-order valence-electron chi connectivity index (χ2n) is 16.6. The summed E-state index contributed by atoms with van der Waals surface area (Å²) in [6, 6.07) is -0.718. The summed E-state index contributed by atoms with van der Waals surface area (Å²) >= 11 is 0. The summed E-state index contributed by atoms with van der Waals surface area (Å²) in [6.07, 6.45) is 37.5. The van der Waals surface area contributed by atoms with Gasteiger partial charge in [-0.3, -0.25) is 4.79 Å². The highest BCUT2D eigenvalue weighted by molar-refractivity contribution is 5.76. The fraction of sp³-hybridized carbons (Fsp3) is 0.894. The van der Waals surface area contributed by atoms with E-state index in [-0.39, 0.29) is 12.5 Å². The highest BCUT2D eigenvalue weighted by Crippen LogP contribution is 2.23. The van der Waals surface area contributed by atoms with Gasteiger partial charge in [-0.2, -0.15) is 0 Å². The highest BCUT2D eigenvalue weighted by atomic mass is 16.7. The van der Waals surface area contributed by atoms with Gasteiger partial charge in [0.25, 0.3) is 0 Å². The smallest absolute Gasteiger partial charge is 0.220 e. The van der Waals surface area contributed by atoms with E-state index in [0.29, 0.717) is 12.8 Å². The maximum Gasteiger partial charge on any atom is 0.220 e. The summed E-state index contributed by atoms with van der Waals surface area (Å²) < 4.78 is 11.3. The quantitative estimate of drug-likeness (QED) is 0.0266. The van der Waals surface area contributed by atoms with E-state index in [1.54, 1.807) is 0 Å². The van der Waals surface area contributed by atoms with Gasteiger partial charge in [-0.05, 0) is 44.9 Å². The lowest BCUT2D eigenvalue weighted by Gasteiger charge is -2.40. The van der Waals surface area contributed by atoms with E-state index in [0.717, 1.165) is 44.9 Å². The molecule has 1 fully saturated rings. The number of aliphatic hydroxyl groups is 5. The zero-order chi connectivity index (χ0) is 40.9. The molecule has 0 radical (unpaired) electrons. The largest absolute Gasteiger partial charge is 0.394 e. The molecule has 56 heavy (non-hydrogen) atoms. The average Bonchev–Trinajstić information content (AvgIpc) is 3.20. The monoisotopic (exact) mass is 796 g/mol. The van der Waals surface area contributed by atoms with Crippen LogP contribution in [-0.4, -0.2) is 87.5 Å². The molecule has 330 valence electrons. The van der Waals surface area contributed by atoms with Gasteiger partial charge in [0.1, 0.15) is 24.4 Å². The number of carbonyl (C=O) groups excluding carboxylic acids is 1. The molecule has 0 aromatic carbocycles. The van der Waals surface area contributed by atoms with Crippen molar-refractivity contribution in [2.75, 3.05) is 13.2 Å². The molecule has 9 nitrogen and oxygen atoms in total. The Hall–Kier alpha value is -1.33. The first-order valence-corrected chi connectivity index (χ1v) is 23.5. The normalized spacial score (nSPS) is 21.3. The maximum atomic E-state index is 13.0. The molecule has 7 unspecified atom stereocenters. The van der Waals surface area contributed by atoms with E-state index < -0.39 is 49.5 Å². The predicted octanol–water partition coefficient (Wildman–Crippen LogP) is 9.89. The number of nitrogens with one attached hydrogen (secondary N) is 1. The molecule has 0 aromatic rings. The Labute approximate surface area is 343 Å². The minimum Gasteiger partial charge on any atom is -0.394 e. The van der Waals surface area contributed by atoms with E-state index in [2.05, 4.69) is 43.5 Å². The number of rotatable bonds is 39. The Bertz CT molecular complexity index is 930. The van der Waals surface area contributed by atoms with Crippen molar-refractivity contribution < 1.29 is 39.8 Å². The van der Waals surface area contributed by atoms with E-state index in [4.69, 9.17) is 9.47 Å². The molecule has 1 heterocycles. The number of hydrogen-bond donors (Lipinski definition) is 6. The van der Waals surface area contributed by atoms with E-state index in [1.807, 2.05) is 0 Å². The van der Waals surface area contributed by atoms with Gasteiger partial charge in [0.05, 0.1) is 25.4 Å². The third-order valence-corrected chi connectivity index (χ3v) is 11.3. The van der Waals surface area contributed by atoms with Crippen molar-refractivity contribution in [1.29, 1.82) is 0 Å². The topological polar surface area (TPSA) is 149 Å². The Kier molecular flexibility index (Phi) is 35.7. The number of unbranched alkanes of at least 4 members (excludes halogenated alkanes) is 25. The number of allylic oxidation sites excluding steroid dienone is 4. The molecular weight excluding hydrogens is 707 g/mol. The summed E-state index contributed by atoms with van der Waals surface area (Å²) in [4.78, 5) is 13.0. The second kappa shape index (κ2) is 37.9. The average molecular weight is 796 g/mol. The van der Waals surface area contributed by atoms with E-state index in [1.165, 1.54) is 141 Å². The lowest BCUT2D eigenvalue weighted by atomic mass is 9.99. The first-order valence-electron chi connectivity index (χ1n) is 23.5. The Morgan fingerprint density at radius 1 is 0.607 bits per heavy atom. The first-order chi connectivity index (χ1) is 27.3. The minimum absolute atomic E-state index is 0.138. The molecule has 7 atom stereocenters. The molecule has 1 rings (SSSR count). The van der Waals surface area contributed by atoms with Gasteiger partial charge in [0.15, 0.2) is 6.29 Å². The number of ether oxygens (including phenoxy) is 2. The maximum absolute atomic E-state index is 13.0. The summed E-state index contributed by atoms with van der Waals surface area (Å²) in [5.41, 5.74) is 0. The van der Waals surface area contributed by atoms with Crippen molar-refractivity contribution in [2.24, 2.45) is 0 Å². The van der Waals surface area contributed by atoms with Crippen LogP contribution in [0.3, 0.4) is 0 Å². The number of aliphatic hydroxyl groups excluding tert-OH is 5. The van der Waals surface area contributed by atoms with Gasteiger partial charge in [-0.15, -0.1) is 0 Å². The molecule has 1 aliphatic rings. The van der Waals surface area contributed by atoms with Crippen LogP contribution in [-0.2, 0) is 14.3 Å². The van der Waals surface area contributed by atoms with Gasteiger partial charge >= 0.3 is 0 Å². The molecule has 1 saturated heterocycles. The van der Waals surface area contributed by atoms with Crippen molar-refractivity contribution in [3.8, 4) is 0 Å². The van der Waals surface area contributed by atoms with Crippen LogP contribution in [0.1, 0.15) is 213 Å². The third kappa shape index (κ3) is 28.2. The van der Waals surface area contributed by atoms with Crippen LogP contribution in [0.4, 0.5) is 0 Å². The summed E-state index contributed by atoms with van der Waals surface area (Å²) in [5, 5.41) is 54.4. The Balaban J connectivity index is 2.31. The van der Waals surface area contributed by atoms with Crippen LogP contribution in [0, 0.1) is 0 Å². The standard InChI is InChI=1S/C47H89NO8/c1-3-5-7-9-11-13-15-17-19-20-21-22-23-25-27-29-31-33-35-37-43(51)48-40(39-55-47-46(54)45(53)44(52)42(38-49)56-47)41(50)36-34-32-30-28-26-24-18-16-14-12-10-8-6-4-2/h11,13,17,19,40-42,44-47,49-50,52-54H,3-10,12,14-16,18,20-39H2,1-2H3,(H,48,51)/b13-11-,19-17-. The predicted molar refractivity (Wildman–Crippen MR) is 230 cm³/mol. The summed E-state index contributed by atoms with van der Waals surface area (Å²) in [5.74, 6) is -0.149. The van der Waals surface area contributed by atoms with E-state index >= 15 is 0 Å². The van der Waals surface area contributed by atoms with E-state index in [9.17, 15) is 30.3 Å². The molecule has 0 spiro atoms. The Morgan fingerprint density at radius 2 is 1.05 bits per heavy atom. The van der Waals surface area contributed by atoms with Crippen LogP contribution in [0.25, 0.3) is 0 Å². The molecule has 0 bridgehead atoms. The zero-order valence-corrected chi connectivity index (χ0v) is 36.1. The first kappa shape index (κ1) is 52.7. The van der Waals surface area contributed by atoms with Crippen LogP contribution < -0.4 is 5.32 Å². The molecule has 0 aliphatic carbocycles. The van der Waals surface area contributed by atoms with Crippen molar-refractivity contribution in [3.63, 3.8) is 0 Å². The minimum atomic E-state index is -1.55. The van der Waals surface area contributed by atoms with Crippen LogP contribution in [0.15, 0.2) is 24.3 Å². The van der Waals surface area contributed by atoms with Crippen molar-refractivity contribution in [2.45, 2.75) is 256 Å². The number of amides is 1. The lowest BCUT2D eigenvalue weighted by molar-refractivity contribution is -0.302. The van der Waals surface area contributed by atoms with Crippen molar-refractivity contribution in [1.82, 2.24) is 5.32 Å². The van der Waals surface area contributed by atoms with Crippen LogP contribution in [0.2, 0.25) is 0 Å². The molecule has 6 N–H and O–H groups in total. The SMILES string of the molecule is CCCCC/C=C\C/C=C\CCCCCCCCCCCC(=O)NC(COC1OC(CO)C(O)C(O)C1O)C(O)CCCCCCCCCCCCCCCC. The summed E-state index contributed by atoms with van der Waals surface area (Å²) in [7, 11) is 0. The molecule has 9 heteroatoms. The number of carbonyl (C=O) groups is 1. The third-order valence-electron chi connectivity index (χ3n) is 11.3.